The van der Waals surface area contributed by atoms with Gasteiger partial charge in [0.1, 0.15) is 0 Å². The number of carbonyl (C=O) groups excluding carboxylic acids is 2. The minimum atomic E-state index is -5.11. The standard InChI is InChI=1S/C17H10BrF3N4O2/c18-10-6-2-1-5-9(10)13(26)23-16(17(19,20)21)14(27)25-12-8-4-3-7-11(12)22-15(25)24-16/h1-8H,(H,22,24)(H,23,26). The molecule has 0 radical (unpaired) electrons. The number of anilines is 1. The van der Waals surface area contributed by atoms with Gasteiger partial charge < -0.3 is 10.6 Å². The topological polar surface area (TPSA) is 76.0 Å². The number of aromatic nitrogens is 2. The zero-order chi connectivity index (χ0) is 19.4. The highest BCUT2D eigenvalue weighted by atomic mass is 79.9. The number of fused-ring (bicyclic) bond motifs is 3. The fourth-order valence-corrected chi connectivity index (χ4v) is 3.40. The molecule has 2 aromatic carbocycles. The summed E-state index contributed by atoms with van der Waals surface area (Å²) in [6.45, 7) is 0. The molecule has 2 heterocycles. The van der Waals surface area contributed by atoms with Crippen molar-refractivity contribution in [3.63, 3.8) is 0 Å². The van der Waals surface area contributed by atoms with Crippen LogP contribution in [0.25, 0.3) is 11.0 Å². The number of imidazole rings is 1. The van der Waals surface area contributed by atoms with E-state index in [1.54, 1.807) is 24.3 Å². The van der Waals surface area contributed by atoms with Gasteiger partial charge in [-0.3, -0.25) is 9.59 Å². The van der Waals surface area contributed by atoms with Crippen molar-refractivity contribution in [3.05, 3.63) is 58.6 Å². The summed E-state index contributed by atoms with van der Waals surface area (Å²) in [6.07, 6.45) is -5.11. The first kappa shape index (κ1) is 17.5. The Bertz CT molecular complexity index is 1100. The summed E-state index contributed by atoms with van der Waals surface area (Å²) in [6, 6.07) is 12.3. The summed E-state index contributed by atoms with van der Waals surface area (Å²) in [4.78, 5) is 29.3. The van der Waals surface area contributed by atoms with Crippen LogP contribution in [0.4, 0.5) is 19.1 Å². The van der Waals surface area contributed by atoms with Crippen molar-refractivity contribution in [2.24, 2.45) is 0 Å². The molecule has 1 atom stereocenters. The van der Waals surface area contributed by atoms with E-state index >= 15 is 0 Å². The number of hydrogen-bond acceptors (Lipinski definition) is 4. The van der Waals surface area contributed by atoms with E-state index in [4.69, 9.17) is 0 Å². The zero-order valence-electron chi connectivity index (χ0n) is 13.3. The van der Waals surface area contributed by atoms with Crippen molar-refractivity contribution in [2.75, 3.05) is 5.32 Å². The van der Waals surface area contributed by atoms with Crippen LogP contribution in [0, 0.1) is 0 Å². The van der Waals surface area contributed by atoms with E-state index in [-0.39, 0.29) is 17.0 Å². The molecule has 138 valence electrons. The number of hydrogen-bond donors (Lipinski definition) is 2. The van der Waals surface area contributed by atoms with Crippen LogP contribution in [0.5, 0.6) is 0 Å². The molecule has 2 N–H and O–H groups in total. The van der Waals surface area contributed by atoms with E-state index < -0.39 is 23.7 Å². The summed E-state index contributed by atoms with van der Waals surface area (Å²) in [7, 11) is 0. The molecule has 3 aromatic rings. The predicted octanol–water partition coefficient (Wildman–Crippen LogP) is 3.55. The summed E-state index contributed by atoms with van der Waals surface area (Å²) in [5.74, 6) is -2.72. The van der Waals surface area contributed by atoms with Crippen molar-refractivity contribution in [2.45, 2.75) is 11.8 Å². The van der Waals surface area contributed by atoms with E-state index in [0.717, 1.165) is 4.57 Å². The Morgan fingerprint density at radius 2 is 1.81 bits per heavy atom. The van der Waals surface area contributed by atoms with Gasteiger partial charge in [-0.1, -0.05) is 24.3 Å². The highest BCUT2D eigenvalue weighted by Gasteiger charge is 2.66. The molecule has 0 saturated heterocycles. The number of alkyl halides is 3. The molecule has 6 nitrogen and oxygen atoms in total. The van der Waals surface area contributed by atoms with Gasteiger partial charge in [-0.25, -0.2) is 9.55 Å². The smallest absolute Gasteiger partial charge is 0.317 e. The van der Waals surface area contributed by atoms with Gasteiger partial charge in [-0.2, -0.15) is 13.2 Å². The Morgan fingerprint density at radius 3 is 2.52 bits per heavy atom. The van der Waals surface area contributed by atoms with E-state index in [9.17, 15) is 22.8 Å². The highest BCUT2D eigenvalue weighted by Crippen LogP contribution is 2.39. The molecular formula is C17H10BrF3N4O2. The lowest BCUT2D eigenvalue weighted by Gasteiger charge is -2.30. The maximum atomic E-state index is 13.9. The second-order valence-corrected chi connectivity index (χ2v) is 6.73. The van der Waals surface area contributed by atoms with Crippen molar-refractivity contribution >= 4 is 44.7 Å². The predicted molar refractivity (Wildman–Crippen MR) is 94.4 cm³/mol. The van der Waals surface area contributed by atoms with Crippen molar-refractivity contribution in [1.29, 1.82) is 0 Å². The number of nitrogens with zero attached hydrogens (tertiary/aromatic N) is 2. The van der Waals surface area contributed by atoms with Crippen LogP contribution >= 0.6 is 15.9 Å². The number of carbonyl (C=O) groups is 2. The second-order valence-electron chi connectivity index (χ2n) is 5.87. The van der Waals surface area contributed by atoms with Gasteiger partial charge in [0.15, 0.2) is 0 Å². The average Bonchev–Trinajstić information content (AvgIpc) is 3.10. The van der Waals surface area contributed by atoms with Crippen LogP contribution < -0.4 is 10.6 Å². The molecule has 1 amide bonds. The third kappa shape index (κ3) is 2.51. The van der Waals surface area contributed by atoms with Crippen molar-refractivity contribution < 1.29 is 22.8 Å². The SMILES string of the molecule is O=C(NC1(C(F)(F)F)Nc2nc3ccccc3n2C1=O)c1ccccc1Br. The van der Waals surface area contributed by atoms with E-state index in [1.807, 2.05) is 5.32 Å². The molecule has 0 bridgehead atoms. The molecule has 0 aliphatic carbocycles. The number of benzene rings is 2. The number of amides is 1. The maximum Gasteiger partial charge on any atom is 0.440 e. The first-order valence-corrected chi connectivity index (χ1v) is 8.48. The average molecular weight is 439 g/mol. The van der Waals surface area contributed by atoms with E-state index in [1.165, 1.54) is 24.3 Å². The zero-order valence-corrected chi connectivity index (χ0v) is 14.9. The van der Waals surface area contributed by atoms with Crippen LogP contribution in [0.1, 0.15) is 15.2 Å². The normalized spacial score (nSPS) is 19.0. The van der Waals surface area contributed by atoms with Gasteiger partial charge in [0, 0.05) is 4.47 Å². The summed E-state index contributed by atoms with van der Waals surface area (Å²) in [5, 5.41) is 3.90. The molecule has 27 heavy (non-hydrogen) atoms. The van der Waals surface area contributed by atoms with E-state index in [0.29, 0.717) is 9.99 Å². The Balaban J connectivity index is 1.80. The van der Waals surface area contributed by atoms with Gasteiger partial charge in [-0.15, -0.1) is 0 Å². The van der Waals surface area contributed by atoms with Crippen LogP contribution in [0.3, 0.4) is 0 Å². The summed E-state index contributed by atoms with van der Waals surface area (Å²) >= 11 is 3.12. The largest absolute Gasteiger partial charge is 0.440 e. The molecule has 1 aliphatic rings. The summed E-state index contributed by atoms with van der Waals surface area (Å²) < 4.78 is 42.9. The second kappa shape index (κ2) is 5.81. The van der Waals surface area contributed by atoms with Gasteiger partial charge in [0.2, 0.25) is 5.95 Å². The minimum Gasteiger partial charge on any atom is -0.317 e. The number of halogens is 4. The maximum absolute atomic E-state index is 13.9. The van der Waals surface area contributed by atoms with Gasteiger partial charge in [-0.05, 0) is 40.2 Å². The fraction of sp³-hybridized carbons (Fsp3) is 0.118. The third-order valence-corrected chi connectivity index (χ3v) is 4.92. The Labute approximate surface area is 158 Å². The molecule has 0 saturated carbocycles. The monoisotopic (exact) mass is 438 g/mol. The van der Waals surface area contributed by atoms with Crippen molar-refractivity contribution in [3.8, 4) is 0 Å². The molecule has 4 rings (SSSR count). The van der Waals surface area contributed by atoms with Crippen molar-refractivity contribution in [1.82, 2.24) is 14.9 Å². The molecule has 0 spiro atoms. The first-order chi connectivity index (χ1) is 12.7. The van der Waals surface area contributed by atoms with Crippen LogP contribution in [0.15, 0.2) is 53.0 Å². The minimum absolute atomic E-state index is 0.0369. The lowest BCUT2D eigenvalue weighted by atomic mass is 10.1. The van der Waals surface area contributed by atoms with Gasteiger partial charge in [0.25, 0.3) is 17.5 Å². The fourth-order valence-electron chi connectivity index (χ4n) is 2.93. The molecular weight excluding hydrogens is 429 g/mol. The Hall–Kier alpha value is -2.88. The number of rotatable bonds is 2. The number of nitrogens with one attached hydrogen (secondary N) is 2. The quantitative estimate of drug-likeness (QED) is 0.641. The van der Waals surface area contributed by atoms with Crippen LogP contribution in [0.2, 0.25) is 0 Å². The molecule has 1 aromatic heterocycles. The highest BCUT2D eigenvalue weighted by molar-refractivity contribution is 9.10. The first-order valence-electron chi connectivity index (χ1n) is 7.69. The number of para-hydroxylation sites is 2. The van der Waals surface area contributed by atoms with Crippen LogP contribution in [-0.2, 0) is 0 Å². The molecule has 0 fully saturated rings. The Kier molecular flexibility index (Phi) is 3.77. The van der Waals surface area contributed by atoms with Crippen LogP contribution in [-0.4, -0.2) is 33.2 Å². The van der Waals surface area contributed by atoms with Gasteiger partial charge in [0.05, 0.1) is 16.6 Å². The lowest BCUT2D eigenvalue weighted by Crippen LogP contribution is -2.67. The molecule has 1 unspecified atom stereocenters. The Morgan fingerprint density at radius 1 is 1.15 bits per heavy atom. The molecule has 10 heteroatoms. The van der Waals surface area contributed by atoms with E-state index in [2.05, 4.69) is 26.2 Å². The summed E-state index contributed by atoms with van der Waals surface area (Å²) in [5.41, 5.74) is -2.77. The third-order valence-electron chi connectivity index (χ3n) is 4.23. The molecule has 1 aliphatic heterocycles. The lowest BCUT2D eigenvalue weighted by molar-refractivity contribution is -0.169. The van der Waals surface area contributed by atoms with Gasteiger partial charge >= 0.3 is 6.18 Å².